The van der Waals surface area contributed by atoms with Gasteiger partial charge in [-0.25, -0.2) is 0 Å². The molecule has 0 aromatic heterocycles. The number of phosphoric ester groups is 1. The number of hydrogen-bond donors (Lipinski definition) is 0. The van der Waals surface area contributed by atoms with Gasteiger partial charge < -0.3 is 27.9 Å². The van der Waals surface area contributed by atoms with Crippen LogP contribution in [0.25, 0.3) is 0 Å². The Bertz CT molecular complexity index is 1230. The average molecular weight is 1080 g/mol. The molecule has 0 aromatic rings. The number of carbonyl (C=O) groups is 2. The summed E-state index contributed by atoms with van der Waals surface area (Å²) >= 11 is 0. The summed E-state index contributed by atoms with van der Waals surface area (Å²) in [6, 6.07) is 0. The van der Waals surface area contributed by atoms with Crippen molar-refractivity contribution in [1.29, 1.82) is 0 Å². The van der Waals surface area contributed by atoms with Crippen molar-refractivity contribution in [2.75, 3.05) is 47.5 Å². The van der Waals surface area contributed by atoms with Crippen molar-refractivity contribution in [3.05, 3.63) is 0 Å². The molecule has 0 fully saturated rings. The molecule has 75 heavy (non-hydrogen) atoms. The molecule has 2 unspecified atom stereocenters. The summed E-state index contributed by atoms with van der Waals surface area (Å²) in [4.78, 5) is 37.9. The number of rotatable bonds is 63. The summed E-state index contributed by atoms with van der Waals surface area (Å²) in [5.74, 6) is -0.808. The normalized spacial score (nSPS) is 13.1. The monoisotopic (exact) mass is 1080 g/mol. The van der Waals surface area contributed by atoms with Crippen molar-refractivity contribution in [2.24, 2.45) is 0 Å². The van der Waals surface area contributed by atoms with E-state index in [1.807, 2.05) is 21.1 Å². The molecule has 448 valence electrons. The van der Waals surface area contributed by atoms with E-state index in [2.05, 4.69) is 13.8 Å². The number of ether oxygens (including phenoxy) is 2. The molecule has 0 heterocycles. The summed E-state index contributed by atoms with van der Waals surface area (Å²) in [5.41, 5.74) is 0. The van der Waals surface area contributed by atoms with Crippen LogP contribution in [0.2, 0.25) is 0 Å². The molecule has 10 heteroatoms. The van der Waals surface area contributed by atoms with Crippen molar-refractivity contribution in [1.82, 2.24) is 0 Å². The minimum absolute atomic E-state index is 0.0250. The van der Waals surface area contributed by atoms with Gasteiger partial charge in [-0.3, -0.25) is 14.2 Å². The fourth-order valence-corrected chi connectivity index (χ4v) is 11.0. The minimum Gasteiger partial charge on any atom is -0.756 e. The van der Waals surface area contributed by atoms with Crippen molar-refractivity contribution in [3.63, 3.8) is 0 Å². The average Bonchev–Trinajstić information content (AvgIpc) is 3.37. The van der Waals surface area contributed by atoms with Crippen LogP contribution >= 0.6 is 7.82 Å². The largest absolute Gasteiger partial charge is 0.756 e. The van der Waals surface area contributed by atoms with Crippen molar-refractivity contribution >= 4 is 19.8 Å². The summed E-state index contributed by atoms with van der Waals surface area (Å²) in [6.45, 7) is 4.32. The fraction of sp³-hybridized carbons (Fsp3) is 0.969. The fourth-order valence-electron chi connectivity index (χ4n) is 10.3. The number of nitrogens with zero attached hydrogens (tertiary/aromatic N) is 1. The van der Waals surface area contributed by atoms with Gasteiger partial charge in [-0.2, -0.15) is 0 Å². The number of phosphoric acid groups is 1. The molecule has 0 amide bonds. The van der Waals surface area contributed by atoms with Gasteiger partial charge in [0.2, 0.25) is 0 Å². The predicted molar refractivity (Wildman–Crippen MR) is 319 cm³/mol. The molecule has 0 spiro atoms. The SMILES string of the molecule is CCCCCCCCCCCCCCCCCCCCCCCCCCCCCCCCCCCCCC(=O)OC(COC(=O)CCCCCCCCCCCCCCCCCC)COP(=O)([O-])OCC[N+](C)(C)C. The highest BCUT2D eigenvalue weighted by atomic mass is 31.2. The molecule has 0 aliphatic rings. The molecule has 0 N–H and O–H groups in total. The molecule has 0 radical (unpaired) electrons. The zero-order chi connectivity index (χ0) is 54.9. The predicted octanol–water partition coefficient (Wildman–Crippen LogP) is 20.4. The van der Waals surface area contributed by atoms with E-state index >= 15 is 0 Å². The third-order valence-electron chi connectivity index (χ3n) is 15.4. The second kappa shape index (κ2) is 57.7. The summed E-state index contributed by atoms with van der Waals surface area (Å²) in [6.07, 6.45) is 67.6. The van der Waals surface area contributed by atoms with Gasteiger partial charge in [0.15, 0.2) is 6.10 Å². The summed E-state index contributed by atoms with van der Waals surface area (Å²) < 4.78 is 34.2. The molecule has 2 atom stereocenters. The molecule has 0 aromatic carbocycles. The molecule has 0 rings (SSSR count). The maximum atomic E-state index is 12.8. The van der Waals surface area contributed by atoms with E-state index in [0.717, 1.165) is 32.1 Å². The standard InChI is InChI=1S/C65H130NO8P/c1-6-8-10-12-14-16-18-20-22-24-25-26-27-28-29-30-31-32-33-34-35-36-37-38-39-40-41-42-44-46-48-50-52-54-56-58-65(68)74-63(62-73-75(69,70)72-60-59-66(3,4)5)61-71-64(67)57-55-53-51-49-47-45-43-23-21-19-17-15-13-11-9-7-2/h63H,6-62H2,1-5H3. The van der Waals surface area contributed by atoms with E-state index in [9.17, 15) is 19.0 Å². The lowest BCUT2D eigenvalue weighted by atomic mass is 10.0. The van der Waals surface area contributed by atoms with Crippen LogP contribution in [0, 0.1) is 0 Å². The van der Waals surface area contributed by atoms with Gasteiger partial charge in [-0.1, -0.05) is 328 Å². The molecular weight excluding hydrogens is 954 g/mol. The number of esters is 2. The Balaban J connectivity index is 3.90. The molecule has 0 saturated heterocycles. The summed E-state index contributed by atoms with van der Waals surface area (Å²) in [7, 11) is 1.19. The molecule has 0 saturated carbocycles. The van der Waals surface area contributed by atoms with Crippen LogP contribution in [0.15, 0.2) is 0 Å². The van der Waals surface area contributed by atoms with Gasteiger partial charge in [-0.05, 0) is 12.8 Å². The number of hydrogen-bond acceptors (Lipinski definition) is 8. The van der Waals surface area contributed by atoms with Crippen LogP contribution in [0.1, 0.15) is 354 Å². The van der Waals surface area contributed by atoms with Crippen LogP contribution in [-0.2, 0) is 32.7 Å². The topological polar surface area (TPSA) is 111 Å². The van der Waals surface area contributed by atoms with Crippen LogP contribution in [0.4, 0.5) is 0 Å². The number of carbonyl (C=O) groups excluding carboxylic acids is 2. The smallest absolute Gasteiger partial charge is 0.306 e. The highest BCUT2D eigenvalue weighted by Gasteiger charge is 2.22. The highest BCUT2D eigenvalue weighted by molar-refractivity contribution is 7.45. The van der Waals surface area contributed by atoms with E-state index in [1.54, 1.807) is 0 Å². The van der Waals surface area contributed by atoms with E-state index in [0.29, 0.717) is 17.4 Å². The first-order valence-corrected chi connectivity index (χ1v) is 34.7. The first kappa shape index (κ1) is 74.0. The third-order valence-corrected chi connectivity index (χ3v) is 16.3. The van der Waals surface area contributed by atoms with Gasteiger partial charge in [0, 0.05) is 12.8 Å². The quantitative estimate of drug-likeness (QED) is 0.0256. The number of unbranched alkanes of at least 4 members (excludes halogenated alkanes) is 49. The highest BCUT2D eigenvalue weighted by Crippen LogP contribution is 2.38. The maximum Gasteiger partial charge on any atom is 0.306 e. The van der Waals surface area contributed by atoms with Crippen molar-refractivity contribution < 1.29 is 42.1 Å². The Hall–Kier alpha value is -0.990. The molecule has 0 aliphatic carbocycles. The first-order valence-electron chi connectivity index (χ1n) is 33.2. The lowest BCUT2D eigenvalue weighted by molar-refractivity contribution is -0.870. The van der Waals surface area contributed by atoms with E-state index in [-0.39, 0.29) is 32.0 Å². The Labute approximate surface area is 467 Å². The first-order chi connectivity index (χ1) is 36.5. The molecular formula is C65H130NO8P. The Morgan fingerprint density at radius 3 is 0.853 bits per heavy atom. The van der Waals surface area contributed by atoms with Crippen molar-refractivity contribution in [3.8, 4) is 0 Å². The maximum absolute atomic E-state index is 12.8. The third kappa shape index (κ3) is 62.1. The van der Waals surface area contributed by atoms with E-state index in [4.69, 9.17) is 18.5 Å². The summed E-state index contributed by atoms with van der Waals surface area (Å²) in [5, 5.41) is 0. The van der Waals surface area contributed by atoms with Crippen LogP contribution < -0.4 is 4.89 Å². The Morgan fingerprint density at radius 2 is 0.600 bits per heavy atom. The number of likely N-dealkylation sites (N-methyl/N-ethyl adjacent to an activating group) is 1. The van der Waals surface area contributed by atoms with Gasteiger partial charge in [-0.15, -0.1) is 0 Å². The zero-order valence-corrected chi connectivity index (χ0v) is 51.9. The van der Waals surface area contributed by atoms with E-state index < -0.39 is 26.5 Å². The van der Waals surface area contributed by atoms with Gasteiger partial charge in [0.05, 0.1) is 27.7 Å². The number of quaternary nitrogens is 1. The van der Waals surface area contributed by atoms with Gasteiger partial charge in [0.1, 0.15) is 19.8 Å². The van der Waals surface area contributed by atoms with Crippen molar-refractivity contribution in [2.45, 2.75) is 360 Å². The Kier molecular flexibility index (Phi) is 56.9. The van der Waals surface area contributed by atoms with Crippen LogP contribution in [0.3, 0.4) is 0 Å². The van der Waals surface area contributed by atoms with Gasteiger partial charge in [0.25, 0.3) is 7.82 Å². The second-order valence-corrected chi connectivity index (χ2v) is 25.6. The van der Waals surface area contributed by atoms with Crippen LogP contribution in [-0.4, -0.2) is 70.0 Å². The lowest BCUT2D eigenvalue weighted by Gasteiger charge is -2.28. The molecule has 9 nitrogen and oxygen atoms in total. The van der Waals surface area contributed by atoms with Gasteiger partial charge >= 0.3 is 11.9 Å². The lowest BCUT2D eigenvalue weighted by Crippen LogP contribution is -2.37. The minimum atomic E-state index is -4.63. The zero-order valence-electron chi connectivity index (χ0n) is 51.0. The van der Waals surface area contributed by atoms with Crippen LogP contribution in [0.5, 0.6) is 0 Å². The molecule has 0 bridgehead atoms. The van der Waals surface area contributed by atoms with E-state index in [1.165, 1.54) is 289 Å². The molecule has 0 aliphatic heterocycles. The Morgan fingerprint density at radius 1 is 0.360 bits per heavy atom. The second-order valence-electron chi connectivity index (χ2n) is 24.2.